The van der Waals surface area contributed by atoms with Gasteiger partial charge in [-0.2, -0.15) is 0 Å². The van der Waals surface area contributed by atoms with Crippen LogP contribution in [0.25, 0.3) is 0 Å². The van der Waals surface area contributed by atoms with Crippen molar-refractivity contribution in [1.29, 1.82) is 0 Å². The van der Waals surface area contributed by atoms with Crippen LogP contribution >= 0.6 is 0 Å². The Balaban J connectivity index is 0.00000256. The number of carbonyl (C=O) groups is 1. The van der Waals surface area contributed by atoms with E-state index in [2.05, 4.69) is 24.3 Å². The van der Waals surface area contributed by atoms with Crippen LogP contribution in [-0.4, -0.2) is 11.6 Å². The van der Waals surface area contributed by atoms with Gasteiger partial charge in [-0.1, -0.05) is 60.7 Å². The Kier molecular flexibility index (Phi) is 7.41. The van der Waals surface area contributed by atoms with Crippen LogP contribution in [-0.2, 0) is 30.5 Å². The van der Waals surface area contributed by atoms with Gasteiger partial charge in [0.2, 0.25) is 0 Å². The van der Waals surface area contributed by atoms with Crippen molar-refractivity contribution in [3.05, 3.63) is 101 Å². The van der Waals surface area contributed by atoms with Crippen molar-refractivity contribution in [3.63, 3.8) is 0 Å². The summed E-state index contributed by atoms with van der Waals surface area (Å²) in [6.45, 7) is 1.59. The van der Waals surface area contributed by atoms with E-state index in [0.29, 0.717) is 5.75 Å². The molecule has 0 spiro atoms. The molecule has 0 heterocycles. The summed E-state index contributed by atoms with van der Waals surface area (Å²) in [4.78, 5) is 11.9. The molecule has 4 rings (SSSR count). The molecule has 0 aliphatic heterocycles. The minimum Gasteiger partial charge on any atom is -0.546 e. The molecule has 1 aliphatic rings. The normalized spacial score (nSPS) is 14.3. The molecule has 0 radical (unpaired) electrons. The number of ether oxygens (including phenoxy) is 1. The first-order valence-electron chi connectivity index (χ1n) is 10.2. The molecule has 148 valence electrons. The fourth-order valence-electron chi connectivity index (χ4n) is 4.04. The molecule has 3 aromatic rings. The van der Waals surface area contributed by atoms with Crippen LogP contribution in [0.4, 0.5) is 0 Å². The second-order valence-electron chi connectivity index (χ2n) is 8.06. The number of benzene rings is 3. The van der Waals surface area contributed by atoms with Crippen LogP contribution in [0.5, 0.6) is 5.75 Å². The van der Waals surface area contributed by atoms with Gasteiger partial charge >= 0.3 is 29.6 Å². The van der Waals surface area contributed by atoms with E-state index < -0.39 is 11.6 Å². The van der Waals surface area contributed by atoms with Gasteiger partial charge in [0, 0.05) is 6.42 Å². The topological polar surface area (TPSA) is 49.4 Å². The van der Waals surface area contributed by atoms with Gasteiger partial charge in [-0.25, -0.2) is 0 Å². The molecule has 3 aromatic carbocycles. The summed E-state index contributed by atoms with van der Waals surface area (Å²) < 4.78 is 5.93. The Morgan fingerprint density at radius 2 is 1.53 bits per heavy atom. The van der Waals surface area contributed by atoms with E-state index in [1.165, 1.54) is 23.1 Å². The molecule has 1 atom stereocenters. The molecule has 0 aromatic heterocycles. The zero-order chi connectivity index (χ0) is 20.3. The van der Waals surface area contributed by atoms with Crippen molar-refractivity contribution in [2.75, 3.05) is 0 Å². The van der Waals surface area contributed by atoms with Crippen molar-refractivity contribution in [2.24, 2.45) is 0 Å². The molecule has 0 saturated heterocycles. The summed E-state index contributed by atoms with van der Waals surface area (Å²) in [5, 5.41) is 11.9. The van der Waals surface area contributed by atoms with Gasteiger partial charge in [0.1, 0.15) is 11.4 Å². The predicted octanol–water partition coefficient (Wildman–Crippen LogP) is 0.900. The number of aryl methyl sites for hydroxylation is 2. The van der Waals surface area contributed by atoms with Crippen molar-refractivity contribution in [3.8, 4) is 5.75 Å². The van der Waals surface area contributed by atoms with E-state index >= 15 is 0 Å². The van der Waals surface area contributed by atoms with Crippen molar-refractivity contribution < 1.29 is 44.2 Å². The van der Waals surface area contributed by atoms with Crippen LogP contribution in [0.2, 0.25) is 0 Å². The maximum atomic E-state index is 11.9. The average molecular weight is 408 g/mol. The molecular formula is C26H25NaO3. The predicted molar refractivity (Wildman–Crippen MR) is 112 cm³/mol. The number of hydrogen-bond acceptors (Lipinski definition) is 3. The zero-order valence-electron chi connectivity index (χ0n) is 17.7. The van der Waals surface area contributed by atoms with Crippen LogP contribution in [0.3, 0.4) is 0 Å². The third-order valence-corrected chi connectivity index (χ3v) is 5.65. The number of carboxylic acids is 1. The molecule has 0 saturated carbocycles. The monoisotopic (exact) mass is 408 g/mol. The van der Waals surface area contributed by atoms with Crippen LogP contribution in [0.15, 0.2) is 72.8 Å². The Hall–Kier alpha value is -2.07. The summed E-state index contributed by atoms with van der Waals surface area (Å²) in [6.07, 6.45) is 4.44. The number of carboxylic acid groups (broad SMARTS) is 1. The standard InChI is InChI=1S/C26H26O3.Na/c1-26(25(27)28,18-21-10-13-22-8-5-9-23(22)17-21)29-24-14-11-20(12-15-24)16-19-6-3-2-4-7-19;/h2-4,6-7,10-15,17H,5,8-9,16,18H2,1H3,(H,27,28);/q;+1/p-1. The number of carbonyl (C=O) groups excluding carboxylic acids is 1. The van der Waals surface area contributed by atoms with E-state index in [9.17, 15) is 9.90 Å². The van der Waals surface area contributed by atoms with Gasteiger partial charge in [0.15, 0.2) is 0 Å². The van der Waals surface area contributed by atoms with Gasteiger partial charge in [-0.3, -0.25) is 0 Å². The Morgan fingerprint density at radius 1 is 0.900 bits per heavy atom. The molecule has 4 heteroatoms. The second-order valence-corrected chi connectivity index (χ2v) is 8.06. The Bertz CT molecular complexity index is 999. The van der Waals surface area contributed by atoms with Crippen LogP contribution < -0.4 is 39.4 Å². The smallest absolute Gasteiger partial charge is 0.546 e. The molecule has 0 N–H and O–H groups in total. The second kappa shape index (κ2) is 9.82. The fraction of sp³-hybridized carbons (Fsp3) is 0.269. The van der Waals surface area contributed by atoms with Gasteiger partial charge in [0.05, 0.1) is 5.97 Å². The van der Waals surface area contributed by atoms with Crippen LogP contribution in [0, 0.1) is 0 Å². The van der Waals surface area contributed by atoms with Gasteiger partial charge < -0.3 is 14.6 Å². The van der Waals surface area contributed by atoms with Gasteiger partial charge in [0.25, 0.3) is 0 Å². The molecule has 30 heavy (non-hydrogen) atoms. The van der Waals surface area contributed by atoms with Crippen molar-refractivity contribution in [1.82, 2.24) is 0 Å². The van der Waals surface area contributed by atoms with E-state index in [0.717, 1.165) is 30.4 Å². The summed E-state index contributed by atoms with van der Waals surface area (Å²) in [6, 6.07) is 24.1. The number of fused-ring (bicyclic) bond motifs is 1. The molecular weight excluding hydrogens is 383 g/mol. The van der Waals surface area contributed by atoms with Crippen LogP contribution in [0.1, 0.15) is 41.2 Å². The third-order valence-electron chi connectivity index (χ3n) is 5.65. The Morgan fingerprint density at radius 3 is 2.23 bits per heavy atom. The summed E-state index contributed by atoms with van der Waals surface area (Å²) in [7, 11) is 0. The first-order valence-corrected chi connectivity index (χ1v) is 10.2. The van der Waals surface area contributed by atoms with E-state index in [1.807, 2.05) is 48.5 Å². The molecule has 1 unspecified atom stereocenters. The van der Waals surface area contributed by atoms with E-state index in [4.69, 9.17) is 4.74 Å². The number of rotatable bonds is 7. The van der Waals surface area contributed by atoms with Gasteiger partial charge in [-0.05, 0) is 72.6 Å². The zero-order valence-corrected chi connectivity index (χ0v) is 19.7. The number of hydrogen-bond donors (Lipinski definition) is 0. The summed E-state index contributed by atoms with van der Waals surface area (Å²) in [5.74, 6) is -0.666. The minimum absolute atomic E-state index is 0. The largest absolute Gasteiger partial charge is 1.00 e. The van der Waals surface area contributed by atoms with E-state index in [-0.39, 0.29) is 36.0 Å². The molecule has 0 bridgehead atoms. The first-order chi connectivity index (χ1) is 14.0. The maximum absolute atomic E-state index is 11.9. The molecule has 1 aliphatic carbocycles. The van der Waals surface area contributed by atoms with Gasteiger partial charge in [-0.15, -0.1) is 0 Å². The average Bonchev–Trinajstić information content (AvgIpc) is 3.18. The molecule has 3 nitrogen and oxygen atoms in total. The SMILES string of the molecule is CC(Cc1ccc2c(c1)CCC2)(Oc1ccc(Cc2ccccc2)cc1)C(=O)[O-].[Na+]. The number of aliphatic carboxylic acids is 1. The molecule has 0 fully saturated rings. The molecule has 0 amide bonds. The van der Waals surface area contributed by atoms with E-state index in [1.54, 1.807) is 6.92 Å². The van der Waals surface area contributed by atoms with Crippen molar-refractivity contribution >= 4 is 5.97 Å². The summed E-state index contributed by atoms with van der Waals surface area (Å²) in [5.41, 5.74) is 4.63. The Labute approximate surface area is 200 Å². The van der Waals surface area contributed by atoms with Crippen molar-refractivity contribution in [2.45, 2.75) is 44.6 Å². The first kappa shape index (κ1) is 22.6. The third kappa shape index (κ3) is 5.34. The maximum Gasteiger partial charge on any atom is 1.00 e. The minimum atomic E-state index is -1.42. The summed E-state index contributed by atoms with van der Waals surface area (Å²) >= 11 is 0. The fourth-order valence-corrected chi connectivity index (χ4v) is 4.04. The quantitative estimate of drug-likeness (QED) is 0.546.